The molecule has 0 saturated heterocycles. The lowest BCUT2D eigenvalue weighted by Gasteiger charge is -1.99. The Hall–Kier alpha value is -1.44. The van der Waals surface area contributed by atoms with Crippen LogP contribution in [0.4, 0.5) is 9.52 Å². The summed E-state index contributed by atoms with van der Waals surface area (Å²) in [5.41, 5.74) is 0.951. The highest BCUT2D eigenvalue weighted by molar-refractivity contribution is 8.00. The number of aromatic nitrogens is 2. The Morgan fingerprint density at radius 3 is 2.95 bits per heavy atom. The first-order valence-corrected chi connectivity index (χ1v) is 9.45. The summed E-state index contributed by atoms with van der Waals surface area (Å²) in [6.45, 7) is 0.851. The SMILES string of the molecule is Fc1cccc(CSc2nnc(NCCc3cccs3)s2)c1. The van der Waals surface area contributed by atoms with Crippen LogP contribution in [0.2, 0.25) is 0 Å². The number of halogens is 1. The second kappa shape index (κ2) is 7.71. The smallest absolute Gasteiger partial charge is 0.206 e. The number of thioether (sulfide) groups is 1. The van der Waals surface area contributed by atoms with E-state index in [1.807, 2.05) is 6.07 Å². The largest absolute Gasteiger partial charge is 0.360 e. The molecule has 0 radical (unpaired) electrons. The van der Waals surface area contributed by atoms with E-state index < -0.39 is 0 Å². The van der Waals surface area contributed by atoms with E-state index in [-0.39, 0.29) is 5.82 Å². The van der Waals surface area contributed by atoms with Gasteiger partial charge in [-0.2, -0.15) is 0 Å². The molecule has 0 aliphatic carbocycles. The minimum Gasteiger partial charge on any atom is -0.360 e. The number of benzene rings is 1. The van der Waals surface area contributed by atoms with Gasteiger partial charge in [-0.25, -0.2) is 4.39 Å². The maximum absolute atomic E-state index is 13.1. The van der Waals surface area contributed by atoms with Crippen molar-refractivity contribution in [3.05, 3.63) is 58.0 Å². The highest BCUT2D eigenvalue weighted by atomic mass is 32.2. The van der Waals surface area contributed by atoms with E-state index in [4.69, 9.17) is 0 Å². The summed E-state index contributed by atoms with van der Waals surface area (Å²) in [6.07, 6.45) is 0.989. The third-order valence-electron chi connectivity index (χ3n) is 2.89. The zero-order valence-corrected chi connectivity index (χ0v) is 14.1. The number of hydrogen-bond acceptors (Lipinski definition) is 6. The number of rotatable bonds is 7. The second-order valence-corrected chi connectivity index (χ2v) is 7.78. The average molecular weight is 351 g/mol. The van der Waals surface area contributed by atoms with Crippen LogP contribution in [0.25, 0.3) is 0 Å². The molecule has 0 saturated carbocycles. The van der Waals surface area contributed by atoms with E-state index >= 15 is 0 Å². The van der Waals surface area contributed by atoms with Gasteiger partial charge in [0.05, 0.1) is 0 Å². The summed E-state index contributed by atoms with van der Waals surface area (Å²) in [4.78, 5) is 1.36. The molecule has 2 heterocycles. The first kappa shape index (κ1) is 15.5. The maximum Gasteiger partial charge on any atom is 0.206 e. The monoisotopic (exact) mass is 351 g/mol. The average Bonchev–Trinajstić information content (AvgIpc) is 3.17. The molecule has 0 unspecified atom stereocenters. The van der Waals surface area contributed by atoms with Crippen LogP contribution < -0.4 is 5.32 Å². The van der Waals surface area contributed by atoms with Crippen molar-refractivity contribution in [3.63, 3.8) is 0 Å². The molecular weight excluding hydrogens is 337 g/mol. The van der Waals surface area contributed by atoms with Gasteiger partial charge in [-0.1, -0.05) is 41.3 Å². The van der Waals surface area contributed by atoms with E-state index in [0.717, 1.165) is 28.0 Å². The fourth-order valence-corrected chi connectivity index (χ4v) is 4.29. The van der Waals surface area contributed by atoms with Crippen molar-refractivity contribution in [2.45, 2.75) is 16.5 Å². The highest BCUT2D eigenvalue weighted by Gasteiger charge is 2.05. The predicted molar refractivity (Wildman–Crippen MR) is 92.4 cm³/mol. The minimum atomic E-state index is -0.203. The van der Waals surface area contributed by atoms with E-state index in [1.54, 1.807) is 35.2 Å². The van der Waals surface area contributed by atoms with Crippen molar-refractivity contribution >= 4 is 39.6 Å². The molecule has 3 rings (SSSR count). The van der Waals surface area contributed by atoms with E-state index in [2.05, 4.69) is 33.0 Å². The third kappa shape index (κ3) is 4.53. The number of hydrogen-bond donors (Lipinski definition) is 1. The summed E-state index contributed by atoms with van der Waals surface area (Å²) in [6, 6.07) is 10.8. The van der Waals surface area contributed by atoms with Gasteiger partial charge in [0.2, 0.25) is 5.13 Å². The molecule has 2 aromatic heterocycles. The fourth-order valence-electron chi connectivity index (χ4n) is 1.86. The van der Waals surface area contributed by atoms with Crippen molar-refractivity contribution in [2.24, 2.45) is 0 Å². The Labute approximate surface area is 140 Å². The summed E-state index contributed by atoms with van der Waals surface area (Å²) in [5, 5.41) is 14.5. The second-order valence-electron chi connectivity index (χ2n) is 4.55. The zero-order chi connectivity index (χ0) is 15.2. The fraction of sp³-hybridized carbons (Fsp3) is 0.200. The van der Waals surface area contributed by atoms with Crippen molar-refractivity contribution in [3.8, 4) is 0 Å². The molecule has 0 amide bonds. The van der Waals surface area contributed by atoms with Gasteiger partial charge in [0.15, 0.2) is 4.34 Å². The Morgan fingerprint density at radius 1 is 1.18 bits per heavy atom. The molecule has 0 fully saturated rings. The lowest BCUT2D eigenvalue weighted by molar-refractivity contribution is 0.626. The van der Waals surface area contributed by atoms with Crippen LogP contribution in [0.3, 0.4) is 0 Å². The van der Waals surface area contributed by atoms with Crippen LogP contribution in [0.5, 0.6) is 0 Å². The van der Waals surface area contributed by atoms with Gasteiger partial charge >= 0.3 is 0 Å². The molecule has 0 atom stereocenters. The van der Waals surface area contributed by atoms with Crippen molar-refractivity contribution in [1.29, 1.82) is 0 Å². The molecule has 114 valence electrons. The molecule has 7 heteroatoms. The van der Waals surface area contributed by atoms with Gasteiger partial charge in [-0.3, -0.25) is 0 Å². The first-order chi connectivity index (χ1) is 10.8. The predicted octanol–water partition coefficient (Wildman–Crippen LogP) is 4.69. The molecule has 0 aliphatic heterocycles. The van der Waals surface area contributed by atoms with E-state index in [1.165, 1.54) is 22.3 Å². The third-order valence-corrected chi connectivity index (χ3v) is 5.91. The molecule has 1 N–H and O–H groups in total. The maximum atomic E-state index is 13.1. The van der Waals surface area contributed by atoms with Gasteiger partial charge in [0.25, 0.3) is 0 Å². The van der Waals surface area contributed by atoms with E-state index in [9.17, 15) is 4.39 Å². The standard InChI is InChI=1S/C15H14FN3S3/c16-12-4-1-3-11(9-12)10-21-15-19-18-14(22-15)17-7-6-13-5-2-8-20-13/h1-5,8-9H,6-7,10H2,(H,17,18). The minimum absolute atomic E-state index is 0.203. The molecule has 0 spiro atoms. The van der Waals surface area contributed by atoms with Crippen LogP contribution in [0, 0.1) is 5.82 Å². The van der Waals surface area contributed by atoms with Gasteiger partial charge in [0, 0.05) is 17.2 Å². The van der Waals surface area contributed by atoms with Crippen molar-refractivity contribution in [1.82, 2.24) is 10.2 Å². The van der Waals surface area contributed by atoms with Gasteiger partial charge in [-0.05, 0) is 35.6 Å². The van der Waals surface area contributed by atoms with Crippen LogP contribution in [0.1, 0.15) is 10.4 Å². The number of anilines is 1. The van der Waals surface area contributed by atoms with Crippen LogP contribution in [-0.2, 0) is 12.2 Å². The molecule has 22 heavy (non-hydrogen) atoms. The van der Waals surface area contributed by atoms with Crippen molar-refractivity contribution < 1.29 is 4.39 Å². The normalized spacial score (nSPS) is 10.8. The zero-order valence-electron chi connectivity index (χ0n) is 11.7. The summed E-state index contributed by atoms with van der Waals surface area (Å²) >= 11 is 4.87. The van der Waals surface area contributed by atoms with E-state index in [0.29, 0.717) is 5.75 Å². The Bertz CT molecular complexity index is 712. The molecule has 0 aliphatic rings. The van der Waals surface area contributed by atoms with Crippen LogP contribution in [-0.4, -0.2) is 16.7 Å². The van der Waals surface area contributed by atoms with Gasteiger partial charge in [0.1, 0.15) is 5.82 Å². The topological polar surface area (TPSA) is 37.8 Å². The van der Waals surface area contributed by atoms with Gasteiger partial charge < -0.3 is 5.32 Å². The van der Waals surface area contributed by atoms with Crippen LogP contribution >= 0.6 is 34.4 Å². The summed E-state index contributed by atoms with van der Waals surface area (Å²) in [7, 11) is 0. The molecule has 3 aromatic rings. The molecule has 3 nitrogen and oxygen atoms in total. The quantitative estimate of drug-likeness (QED) is 0.627. The Morgan fingerprint density at radius 2 is 2.14 bits per heavy atom. The number of nitrogens with one attached hydrogen (secondary N) is 1. The lowest BCUT2D eigenvalue weighted by atomic mass is 10.2. The van der Waals surface area contributed by atoms with Crippen LogP contribution in [0.15, 0.2) is 46.1 Å². The Balaban J connectivity index is 1.46. The lowest BCUT2D eigenvalue weighted by Crippen LogP contribution is -2.03. The molecular formula is C15H14FN3S3. The summed E-state index contributed by atoms with van der Waals surface area (Å²) in [5.74, 6) is 0.494. The summed E-state index contributed by atoms with van der Waals surface area (Å²) < 4.78 is 14.0. The molecule has 1 aromatic carbocycles. The number of nitrogens with zero attached hydrogens (tertiary/aromatic N) is 2. The molecule has 0 bridgehead atoms. The van der Waals surface area contributed by atoms with Gasteiger partial charge in [-0.15, -0.1) is 21.5 Å². The highest BCUT2D eigenvalue weighted by Crippen LogP contribution is 2.28. The van der Waals surface area contributed by atoms with Crippen molar-refractivity contribution in [2.75, 3.05) is 11.9 Å². The number of thiophene rings is 1. The first-order valence-electron chi connectivity index (χ1n) is 6.76. The Kier molecular flexibility index (Phi) is 5.42.